The number of ether oxygens (including phenoxy) is 4. The monoisotopic (exact) mass is 315 g/mol. The van der Waals surface area contributed by atoms with Gasteiger partial charge in [-0.15, -0.1) is 0 Å². The van der Waals surface area contributed by atoms with Crippen LogP contribution in [0.4, 0.5) is 0 Å². The average molecular weight is 315 g/mol. The van der Waals surface area contributed by atoms with Gasteiger partial charge < -0.3 is 24.3 Å². The van der Waals surface area contributed by atoms with Crippen LogP contribution in [0.15, 0.2) is 0 Å². The molecule has 0 aromatic heterocycles. The fraction of sp³-hybridized carbons (Fsp3) is 1.00. The first kappa shape index (κ1) is 18.1. The zero-order chi connectivity index (χ0) is 16.5. The summed E-state index contributed by atoms with van der Waals surface area (Å²) in [4.78, 5) is 0. The molecule has 2 heterocycles. The summed E-state index contributed by atoms with van der Waals surface area (Å²) in [7, 11) is 0. The number of piperidine rings is 1. The molecule has 2 aliphatic rings. The second-order valence-corrected chi connectivity index (χ2v) is 8.50. The number of hydrogen-bond acceptors (Lipinski definition) is 5. The Bertz CT molecular complexity index is 355. The molecule has 0 saturated carbocycles. The second-order valence-electron chi connectivity index (χ2n) is 8.50. The van der Waals surface area contributed by atoms with Gasteiger partial charge in [0.05, 0.1) is 19.8 Å². The Balaban J connectivity index is 1.92. The van der Waals surface area contributed by atoms with Gasteiger partial charge in [-0.3, -0.25) is 0 Å². The smallest absolute Gasteiger partial charge is 0.171 e. The van der Waals surface area contributed by atoms with Crippen molar-refractivity contribution in [2.75, 3.05) is 33.2 Å². The summed E-state index contributed by atoms with van der Waals surface area (Å²) in [5.74, 6) is -0.475. The molecule has 2 fully saturated rings. The largest absolute Gasteiger partial charge is 0.356 e. The topological polar surface area (TPSA) is 49.0 Å². The first-order valence-corrected chi connectivity index (χ1v) is 8.32. The summed E-state index contributed by atoms with van der Waals surface area (Å²) < 4.78 is 23.3. The second kappa shape index (κ2) is 6.36. The van der Waals surface area contributed by atoms with Crippen LogP contribution >= 0.6 is 0 Å². The minimum Gasteiger partial charge on any atom is -0.356 e. The van der Waals surface area contributed by atoms with Gasteiger partial charge in [-0.2, -0.15) is 0 Å². The summed E-state index contributed by atoms with van der Waals surface area (Å²) >= 11 is 0. The quantitative estimate of drug-likeness (QED) is 0.624. The Morgan fingerprint density at radius 2 is 1.45 bits per heavy atom. The third-order valence-electron chi connectivity index (χ3n) is 4.29. The van der Waals surface area contributed by atoms with E-state index in [1.807, 2.05) is 6.92 Å². The van der Waals surface area contributed by atoms with E-state index in [0.717, 1.165) is 12.8 Å². The Hall–Kier alpha value is -0.200. The number of hydrogen-bond donors (Lipinski definition) is 1. The molecule has 0 unspecified atom stereocenters. The third-order valence-corrected chi connectivity index (χ3v) is 4.29. The lowest BCUT2D eigenvalue weighted by Gasteiger charge is -2.55. The summed E-state index contributed by atoms with van der Waals surface area (Å²) in [5.41, 5.74) is -0.108. The van der Waals surface area contributed by atoms with Crippen molar-refractivity contribution in [1.29, 1.82) is 0 Å². The highest BCUT2D eigenvalue weighted by molar-refractivity contribution is 5.03. The van der Waals surface area contributed by atoms with Crippen LogP contribution < -0.4 is 5.32 Å². The minimum absolute atomic E-state index is 0.000950. The van der Waals surface area contributed by atoms with Crippen molar-refractivity contribution in [1.82, 2.24) is 5.32 Å². The van der Waals surface area contributed by atoms with E-state index in [0.29, 0.717) is 33.2 Å². The lowest BCUT2D eigenvalue weighted by atomic mass is 9.77. The van der Waals surface area contributed by atoms with Crippen LogP contribution in [0, 0.1) is 5.41 Å². The van der Waals surface area contributed by atoms with E-state index < -0.39 is 5.79 Å². The summed E-state index contributed by atoms with van der Waals surface area (Å²) in [6.45, 7) is 15.9. The van der Waals surface area contributed by atoms with Gasteiger partial charge in [-0.1, -0.05) is 6.92 Å². The molecular weight excluding hydrogens is 282 g/mol. The van der Waals surface area contributed by atoms with Gasteiger partial charge in [0.15, 0.2) is 5.79 Å². The molecule has 1 spiro atoms. The molecule has 2 aliphatic heterocycles. The van der Waals surface area contributed by atoms with Crippen LogP contribution in [0.5, 0.6) is 0 Å². The molecule has 0 aliphatic carbocycles. The van der Waals surface area contributed by atoms with Crippen molar-refractivity contribution in [2.24, 2.45) is 5.41 Å². The van der Waals surface area contributed by atoms with E-state index >= 15 is 0 Å². The Labute approximate surface area is 135 Å². The minimum atomic E-state index is -0.475. The highest BCUT2D eigenvalue weighted by atomic mass is 16.7. The van der Waals surface area contributed by atoms with Crippen LogP contribution in [0.2, 0.25) is 0 Å². The fourth-order valence-electron chi connectivity index (χ4n) is 3.83. The van der Waals surface area contributed by atoms with Crippen LogP contribution in [-0.2, 0) is 18.9 Å². The third kappa shape index (κ3) is 4.65. The zero-order valence-corrected chi connectivity index (χ0v) is 15.1. The number of rotatable bonds is 5. The van der Waals surface area contributed by atoms with Gasteiger partial charge in [-0.25, -0.2) is 0 Å². The summed E-state index contributed by atoms with van der Waals surface area (Å²) in [5, 5.41) is 3.67. The van der Waals surface area contributed by atoms with Gasteiger partial charge in [0.25, 0.3) is 0 Å². The summed E-state index contributed by atoms with van der Waals surface area (Å²) in [6, 6.07) is 0. The highest BCUT2D eigenvalue weighted by Crippen LogP contribution is 2.43. The molecule has 0 radical (unpaired) electrons. The first-order valence-electron chi connectivity index (χ1n) is 8.32. The van der Waals surface area contributed by atoms with Crippen LogP contribution in [-0.4, -0.2) is 50.1 Å². The van der Waals surface area contributed by atoms with Gasteiger partial charge in [0, 0.05) is 35.9 Å². The molecule has 5 heteroatoms. The van der Waals surface area contributed by atoms with Crippen molar-refractivity contribution < 1.29 is 18.9 Å². The van der Waals surface area contributed by atoms with Gasteiger partial charge in [0.1, 0.15) is 6.79 Å². The van der Waals surface area contributed by atoms with E-state index in [4.69, 9.17) is 18.9 Å². The van der Waals surface area contributed by atoms with Gasteiger partial charge in [0.2, 0.25) is 0 Å². The normalized spacial score (nSPS) is 28.6. The lowest BCUT2D eigenvalue weighted by molar-refractivity contribution is -0.331. The zero-order valence-electron chi connectivity index (χ0n) is 15.1. The molecule has 2 saturated heterocycles. The Morgan fingerprint density at radius 1 is 0.909 bits per heavy atom. The van der Waals surface area contributed by atoms with E-state index in [1.165, 1.54) is 0 Å². The average Bonchev–Trinajstić information content (AvgIpc) is 2.36. The van der Waals surface area contributed by atoms with E-state index in [9.17, 15) is 0 Å². The molecular formula is C17H33NO4. The van der Waals surface area contributed by atoms with Crippen molar-refractivity contribution in [3.8, 4) is 0 Å². The van der Waals surface area contributed by atoms with Crippen molar-refractivity contribution in [3.63, 3.8) is 0 Å². The maximum absolute atomic E-state index is 6.27. The molecule has 1 N–H and O–H groups in total. The fourth-order valence-corrected chi connectivity index (χ4v) is 3.83. The molecule has 0 aromatic rings. The molecule has 0 amide bonds. The van der Waals surface area contributed by atoms with Gasteiger partial charge in [-0.05, 0) is 34.6 Å². The van der Waals surface area contributed by atoms with E-state index in [1.54, 1.807) is 0 Å². The molecule has 0 aromatic carbocycles. The van der Waals surface area contributed by atoms with E-state index in [-0.39, 0.29) is 16.5 Å². The predicted octanol–water partition coefficient (Wildman–Crippen LogP) is 2.69. The molecule has 130 valence electrons. The molecule has 22 heavy (non-hydrogen) atoms. The Morgan fingerprint density at radius 3 is 1.95 bits per heavy atom. The van der Waals surface area contributed by atoms with Gasteiger partial charge >= 0.3 is 0 Å². The van der Waals surface area contributed by atoms with E-state index in [2.05, 4.69) is 39.9 Å². The number of nitrogens with one attached hydrogen (secondary N) is 1. The lowest BCUT2D eigenvalue weighted by Crippen LogP contribution is -2.67. The predicted molar refractivity (Wildman–Crippen MR) is 85.7 cm³/mol. The van der Waals surface area contributed by atoms with Crippen LogP contribution in [0.1, 0.15) is 54.4 Å². The van der Waals surface area contributed by atoms with Crippen molar-refractivity contribution >= 4 is 0 Å². The molecule has 5 nitrogen and oxygen atoms in total. The standard InChI is InChI=1S/C17H33NO4/c1-7-19-13-20-10-16(6)11-21-17(22-12-16)8-14(2,3)18-15(4,5)9-17/h18H,7-13H2,1-6H3. The van der Waals surface area contributed by atoms with Crippen LogP contribution in [0.25, 0.3) is 0 Å². The first-order chi connectivity index (χ1) is 10.1. The van der Waals surface area contributed by atoms with Crippen LogP contribution in [0.3, 0.4) is 0 Å². The molecule has 0 bridgehead atoms. The maximum Gasteiger partial charge on any atom is 0.171 e. The van der Waals surface area contributed by atoms with Crippen molar-refractivity contribution in [2.45, 2.75) is 71.2 Å². The highest BCUT2D eigenvalue weighted by Gasteiger charge is 2.52. The summed E-state index contributed by atoms with van der Waals surface area (Å²) in [6.07, 6.45) is 1.72. The molecule has 2 rings (SSSR count). The molecule has 0 atom stereocenters. The van der Waals surface area contributed by atoms with Crippen molar-refractivity contribution in [3.05, 3.63) is 0 Å². The maximum atomic E-state index is 6.27. The SMILES string of the molecule is CCOCOCC1(C)COC2(CC(C)(C)NC(C)(C)C2)OC1. The Kier molecular flexibility index (Phi) is 5.25.